The van der Waals surface area contributed by atoms with Crippen molar-refractivity contribution in [2.75, 3.05) is 34.9 Å². The van der Waals surface area contributed by atoms with Gasteiger partial charge in [0, 0.05) is 12.5 Å². The van der Waals surface area contributed by atoms with E-state index in [9.17, 15) is 4.79 Å². The maximum absolute atomic E-state index is 11.9. The average Bonchev–Trinajstić information content (AvgIpc) is 3.12. The second-order valence-electron chi connectivity index (χ2n) is 5.32. The molecule has 1 amide bonds. The number of primary amides is 1. The number of rotatable bonds is 6. The molecule has 2 unspecified atom stereocenters. The first-order valence-corrected chi connectivity index (χ1v) is 6.33. The Balaban J connectivity index is 2.41. The largest absolute Gasteiger partial charge is 0.481 e. The van der Waals surface area contributed by atoms with Gasteiger partial charge in [-0.15, -0.1) is 0 Å². The molecule has 0 radical (unpaired) electrons. The molecule has 1 fully saturated rings. The third-order valence-corrected chi connectivity index (χ3v) is 3.71. The lowest BCUT2D eigenvalue weighted by Crippen LogP contribution is -2.35. The van der Waals surface area contributed by atoms with Gasteiger partial charge in [0.15, 0.2) is 0 Å². The Morgan fingerprint density at radius 2 is 1.95 bits per heavy atom. The SMILES string of the molecule is COc1ncnc(OC)c1C1CC1(CN(C)C)C(N)=O. The highest BCUT2D eigenvalue weighted by atomic mass is 16.5. The second-order valence-corrected chi connectivity index (χ2v) is 5.32. The average molecular weight is 280 g/mol. The van der Waals surface area contributed by atoms with Crippen molar-refractivity contribution in [3.8, 4) is 11.8 Å². The minimum absolute atomic E-state index is 0.0755. The smallest absolute Gasteiger partial charge is 0.225 e. The fourth-order valence-electron chi connectivity index (χ4n) is 2.76. The van der Waals surface area contributed by atoms with Gasteiger partial charge in [0.25, 0.3) is 0 Å². The Labute approximate surface area is 118 Å². The summed E-state index contributed by atoms with van der Waals surface area (Å²) in [4.78, 5) is 22.0. The number of hydrogen-bond donors (Lipinski definition) is 1. The molecule has 1 saturated carbocycles. The van der Waals surface area contributed by atoms with Crippen LogP contribution in [0.4, 0.5) is 0 Å². The van der Waals surface area contributed by atoms with Crippen molar-refractivity contribution in [3.05, 3.63) is 11.9 Å². The van der Waals surface area contributed by atoms with Crippen LogP contribution in [0.5, 0.6) is 11.8 Å². The van der Waals surface area contributed by atoms with Crippen molar-refractivity contribution in [2.45, 2.75) is 12.3 Å². The summed E-state index contributed by atoms with van der Waals surface area (Å²) in [5.74, 6) is 0.477. The summed E-state index contributed by atoms with van der Waals surface area (Å²) in [6.07, 6.45) is 2.03. The lowest BCUT2D eigenvalue weighted by molar-refractivity contribution is -0.123. The van der Waals surface area contributed by atoms with E-state index >= 15 is 0 Å². The van der Waals surface area contributed by atoms with Crippen molar-refractivity contribution < 1.29 is 14.3 Å². The Kier molecular flexibility index (Phi) is 3.80. The van der Waals surface area contributed by atoms with Gasteiger partial charge in [-0.1, -0.05) is 0 Å². The van der Waals surface area contributed by atoms with Crippen LogP contribution >= 0.6 is 0 Å². The minimum atomic E-state index is -0.602. The third-order valence-electron chi connectivity index (χ3n) is 3.71. The van der Waals surface area contributed by atoms with Gasteiger partial charge in [0.05, 0.1) is 25.2 Å². The van der Waals surface area contributed by atoms with Crippen molar-refractivity contribution in [3.63, 3.8) is 0 Å². The van der Waals surface area contributed by atoms with Crippen LogP contribution in [0.3, 0.4) is 0 Å². The molecule has 1 aromatic heterocycles. The van der Waals surface area contributed by atoms with E-state index in [-0.39, 0.29) is 11.8 Å². The molecule has 7 nitrogen and oxygen atoms in total. The van der Waals surface area contributed by atoms with Gasteiger partial charge in [-0.3, -0.25) is 4.79 Å². The fraction of sp³-hybridized carbons (Fsp3) is 0.615. The van der Waals surface area contributed by atoms with Crippen molar-refractivity contribution in [1.29, 1.82) is 0 Å². The lowest BCUT2D eigenvalue weighted by atomic mass is 9.98. The molecule has 7 heteroatoms. The molecule has 1 heterocycles. The van der Waals surface area contributed by atoms with E-state index in [0.29, 0.717) is 24.7 Å². The number of nitrogens with zero attached hydrogens (tertiary/aromatic N) is 3. The summed E-state index contributed by atoms with van der Waals surface area (Å²) in [5.41, 5.74) is 5.72. The maximum atomic E-state index is 11.9. The van der Waals surface area contributed by atoms with E-state index in [1.54, 1.807) is 0 Å². The summed E-state index contributed by atoms with van der Waals surface area (Å²) in [7, 11) is 6.89. The molecule has 2 atom stereocenters. The number of aromatic nitrogens is 2. The van der Waals surface area contributed by atoms with Crippen LogP contribution in [0, 0.1) is 5.41 Å². The zero-order valence-electron chi connectivity index (χ0n) is 12.2. The maximum Gasteiger partial charge on any atom is 0.225 e. The predicted octanol–water partition coefficient (Wildman–Crippen LogP) is 0.0144. The molecule has 2 rings (SSSR count). The molecular weight excluding hydrogens is 260 g/mol. The van der Waals surface area contributed by atoms with Gasteiger partial charge in [0.1, 0.15) is 6.33 Å². The van der Waals surface area contributed by atoms with Crippen LogP contribution in [0.15, 0.2) is 6.33 Å². The number of hydrogen-bond acceptors (Lipinski definition) is 6. The molecule has 2 N–H and O–H groups in total. The molecule has 0 aliphatic heterocycles. The zero-order chi connectivity index (χ0) is 14.9. The van der Waals surface area contributed by atoms with Crippen molar-refractivity contribution >= 4 is 5.91 Å². The molecule has 0 saturated heterocycles. The number of ether oxygens (including phenoxy) is 2. The number of nitrogens with two attached hydrogens (primary N) is 1. The molecule has 0 bridgehead atoms. The van der Waals surface area contributed by atoms with Crippen LogP contribution in [-0.2, 0) is 4.79 Å². The standard InChI is InChI=1S/C13H20N4O3/c1-17(2)6-13(12(14)18)5-8(13)9-10(19-3)15-7-16-11(9)20-4/h7-8H,5-6H2,1-4H3,(H2,14,18). The van der Waals surface area contributed by atoms with Gasteiger partial charge in [0.2, 0.25) is 17.7 Å². The topological polar surface area (TPSA) is 90.6 Å². The first-order chi connectivity index (χ1) is 9.46. The number of carbonyl (C=O) groups excluding carboxylic acids is 1. The van der Waals surface area contributed by atoms with Crippen molar-refractivity contribution in [1.82, 2.24) is 14.9 Å². The first-order valence-electron chi connectivity index (χ1n) is 6.33. The Morgan fingerprint density at radius 3 is 2.35 bits per heavy atom. The minimum Gasteiger partial charge on any atom is -0.481 e. The summed E-state index contributed by atoms with van der Waals surface area (Å²) < 4.78 is 10.5. The highest BCUT2D eigenvalue weighted by molar-refractivity contribution is 5.86. The van der Waals surface area contributed by atoms with Gasteiger partial charge in [-0.05, 0) is 20.5 Å². The first kappa shape index (κ1) is 14.5. The van der Waals surface area contributed by atoms with Crippen LogP contribution in [0.1, 0.15) is 17.9 Å². The van der Waals surface area contributed by atoms with Gasteiger partial charge >= 0.3 is 0 Å². The zero-order valence-corrected chi connectivity index (χ0v) is 12.2. The van der Waals surface area contributed by atoms with E-state index in [0.717, 1.165) is 5.56 Å². The summed E-state index contributed by atoms with van der Waals surface area (Å²) >= 11 is 0. The molecule has 0 spiro atoms. The molecule has 20 heavy (non-hydrogen) atoms. The molecule has 1 aliphatic carbocycles. The van der Waals surface area contributed by atoms with Crippen LogP contribution in [0.25, 0.3) is 0 Å². The summed E-state index contributed by atoms with van der Waals surface area (Å²) in [5, 5.41) is 0. The highest BCUT2D eigenvalue weighted by Gasteiger charge is 2.61. The number of carbonyl (C=O) groups is 1. The van der Waals surface area contributed by atoms with E-state index in [1.165, 1.54) is 20.5 Å². The van der Waals surface area contributed by atoms with Crippen LogP contribution in [0.2, 0.25) is 0 Å². The fourth-order valence-corrected chi connectivity index (χ4v) is 2.76. The van der Waals surface area contributed by atoms with Gasteiger partial charge < -0.3 is 20.1 Å². The summed E-state index contributed by atoms with van der Waals surface area (Å²) in [6, 6.07) is 0. The number of methoxy groups -OCH3 is 2. The van der Waals surface area contributed by atoms with Crippen LogP contribution in [-0.4, -0.2) is 55.6 Å². The van der Waals surface area contributed by atoms with E-state index < -0.39 is 5.41 Å². The van der Waals surface area contributed by atoms with E-state index in [4.69, 9.17) is 15.2 Å². The lowest BCUT2D eigenvalue weighted by Gasteiger charge is -2.19. The molecule has 0 aromatic carbocycles. The molecule has 1 aromatic rings. The third kappa shape index (κ3) is 2.29. The van der Waals surface area contributed by atoms with E-state index in [1.807, 2.05) is 19.0 Å². The second kappa shape index (κ2) is 5.24. The quantitative estimate of drug-likeness (QED) is 0.789. The normalized spacial score (nSPS) is 24.6. The predicted molar refractivity (Wildman–Crippen MR) is 72.7 cm³/mol. The summed E-state index contributed by atoms with van der Waals surface area (Å²) in [6.45, 7) is 0.578. The molecular formula is C13H20N4O3. The highest BCUT2D eigenvalue weighted by Crippen LogP contribution is 2.62. The molecule has 110 valence electrons. The Hall–Kier alpha value is -1.89. The Morgan fingerprint density at radius 1 is 1.40 bits per heavy atom. The Bertz CT molecular complexity index is 498. The number of amides is 1. The molecule has 1 aliphatic rings. The van der Waals surface area contributed by atoms with Gasteiger partial charge in [-0.25, -0.2) is 9.97 Å². The monoisotopic (exact) mass is 280 g/mol. The van der Waals surface area contributed by atoms with Crippen molar-refractivity contribution in [2.24, 2.45) is 11.1 Å². The van der Waals surface area contributed by atoms with E-state index in [2.05, 4.69) is 9.97 Å². The van der Waals surface area contributed by atoms with Gasteiger partial charge in [-0.2, -0.15) is 0 Å². The van der Waals surface area contributed by atoms with Crippen LogP contribution < -0.4 is 15.2 Å².